The van der Waals surface area contributed by atoms with Crippen molar-refractivity contribution in [2.75, 3.05) is 33.8 Å². The maximum Gasteiger partial charge on any atom is 0.234 e. The van der Waals surface area contributed by atoms with Crippen LogP contribution in [-0.4, -0.2) is 72.7 Å². The second-order valence-corrected chi connectivity index (χ2v) is 6.52. The van der Waals surface area contributed by atoms with Gasteiger partial charge in [-0.2, -0.15) is 0 Å². The highest BCUT2D eigenvalue weighted by Crippen LogP contribution is 2.15. The molecule has 1 saturated heterocycles. The van der Waals surface area contributed by atoms with Crippen LogP contribution in [0.15, 0.2) is 24.5 Å². The van der Waals surface area contributed by atoms with E-state index in [1.807, 2.05) is 24.1 Å². The van der Waals surface area contributed by atoms with Gasteiger partial charge in [-0.3, -0.25) is 19.6 Å². The molecule has 0 aliphatic carbocycles. The van der Waals surface area contributed by atoms with E-state index >= 15 is 0 Å². The second-order valence-electron chi connectivity index (χ2n) is 6.52. The molecule has 2 heterocycles. The van der Waals surface area contributed by atoms with Crippen molar-refractivity contribution in [3.05, 3.63) is 30.1 Å². The molecular formula is C17H28N4O2. The molecular weight excluding hydrogens is 292 g/mol. The SMILES string of the molecule is COC1CN(C(C)C)CC1NC(=O)CN(C)Cc1ccncc1. The smallest absolute Gasteiger partial charge is 0.234 e. The largest absolute Gasteiger partial charge is 0.378 e. The average molecular weight is 320 g/mol. The van der Waals surface area contributed by atoms with Crippen LogP contribution in [0.4, 0.5) is 0 Å². The number of carbonyl (C=O) groups excluding carboxylic acids is 1. The fraction of sp³-hybridized carbons (Fsp3) is 0.647. The number of aromatic nitrogens is 1. The van der Waals surface area contributed by atoms with Gasteiger partial charge in [-0.1, -0.05) is 0 Å². The Morgan fingerprint density at radius 1 is 1.43 bits per heavy atom. The molecule has 1 aliphatic rings. The summed E-state index contributed by atoms with van der Waals surface area (Å²) >= 11 is 0. The zero-order chi connectivity index (χ0) is 16.8. The highest BCUT2D eigenvalue weighted by molar-refractivity contribution is 5.78. The van der Waals surface area contributed by atoms with Gasteiger partial charge in [0.1, 0.15) is 0 Å². The first-order chi connectivity index (χ1) is 11.0. The van der Waals surface area contributed by atoms with Crippen LogP contribution >= 0.6 is 0 Å². The van der Waals surface area contributed by atoms with Gasteiger partial charge >= 0.3 is 0 Å². The van der Waals surface area contributed by atoms with Gasteiger partial charge in [-0.25, -0.2) is 0 Å². The molecule has 0 radical (unpaired) electrons. The average Bonchev–Trinajstić information content (AvgIpc) is 2.91. The zero-order valence-electron chi connectivity index (χ0n) is 14.5. The minimum atomic E-state index is 0.0409. The van der Waals surface area contributed by atoms with Crippen molar-refractivity contribution in [3.63, 3.8) is 0 Å². The minimum Gasteiger partial charge on any atom is -0.378 e. The monoisotopic (exact) mass is 320 g/mol. The zero-order valence-corrected chi connectivity index (χ0v) is 14.5. The lowest BCUT2D eigenvalue weighted by Crippen LogP contribution is -2.47. The Labute approximate surface area is 138 Å². The Hall–Kier alpha value is -1.50. The number of ether oxygens (including phenoxy) is 1. The van der Waals surface area contributed by atoms with Crippen molar-refractivity contribution >= 4 is 5.91 Å². The number of likely N-dealkylation sites (N-methyl/N-ethyl adjacent to an activating group) is 1. The highest BCUT2D eigenvalue weighted by Gasteiger charge is 2.34. The van der Waals surface area contributed by atoms with Gasteiger partial charge in [0.05, 0.1) is 18.7 Å². The summed E-state index contributed by atoms with van der Waals surface area (Å²) in [5.41, 5.74) is 1.15. The fourth-order valence-electron chi connectivity index (χ4n) is 2.96. The van der Waals surface area contributed by atoms with Gasteiger partial charge in [0.2, 0.25) is 5.91 Å². The summed E-state index contributed by atoms with van der Waals surface area (Å²) in [5, 5.41) is 3.12. The summed E-state index contributed by atoms with van der Waals surface area (Å²) < 4.78 is 5.53. The van der Waals surface area contributed by atoms with Crippen LogP contribution in [0.1, 0.15) is 19.4 Å². The van der Waals surface area contributed by atoms with Crippen molar-refractivity contribution in [3.8, 4) is 0 Å². The minimum absolute atomic E-state index is 0.0409. The van der Waals surface area contributed by atoms with Gasteiger partial charge in [0, 0.05) is 45.2 Å². The van der Waals surface area contributed by atoms with Crippen LogP contribution in [0, 0.1) is 0 Å². The van der Waals surface area contributed by atoms with Gasteiger partial charge in [-0.15, -0.1) is 0 Å². The van der Waals surface area contributed by atoms with E-state index in [0.717, 1.165) is 25.2 Å². The van der Waals surface area contributed by atoms with E-state index in [-0.39, 0.29) is 18.1 Å². The normalized spacial score (nSPS) is 22.0. The highest BCUT2D eigenvalue weighted by atomic mass is 16.5. The van der Waals surface area contributed by atoms with Gasteiger partial charge < -0.3 is 10.1 Å². The van der Waals surface area contributed by atoms with Crippen LogP contribution in [0.5, 0.6) is 0 Å². The number of methoxy groups -OCH3 is 1. The molecule has 0 bridgehead atoms. The topological polar surface area (TPSA) is 57.7 Å². The molecule has 1 fully saturated rings. The number of likely N-dealkylation sites (tertiary alicyclic amines) is 1. The number of pyridine rings is 1. The van der Waals surface area contributed by atoms with E-state index in [4.69, 9.17) is 4.74 Å². The summed E-state index contributed by atoms with van der Waals surface area (Å²) in [4.78, 5) is 20.6. The van der Waals surface area contributed by atoms with Crippen LogP contribution < -0.4 is 5.32 Å². The number of hydrogen-bond acceptors (Lipinski definition) is 5. The Morgan fingerprint density at radius 3 is 2.74 bits per heavy atom. The van der Waals surface area contributed by atoms with Crippen LogP contribution in [-0.2, 0) is 16.1 Å². The lowest BCUT2D eigenvalue weighted by atomic mass is 10.2. The van der Waals surface area contributed by atoms with E-state index in [2.05, 4.69) is 29.0 Å². The third-order valence-corrected chi connectivity index (χ3v) is 4.29. The molecule has 1 aromatic rings. The molecule has 1 amide bonds. The molecule has 2 rings (SSSR count). The predicted molar refractivity (Wildman–Crippen MR) is 90.0 cm³/mol. The maximum atomic E-state index is 12.3. The fourth-order valence-corrected chi connectivity index (χ4v) is 2.96. The van der Waals surface area contributed by atoms with Crippen LogP contribution in [0.25, 0.3) is 0 Å². The maximum absolute atomic E-state index is 12.3. The van der Waals surface area contributed by atoms with E-state index in [0.29, 0.717) is 12.6 Å². The molecule has 0 saturated carbocycles. The van der Waals surface area contributed by atoms with Crippen molar-refractivity contribution in [1.82, 2.24) is 20.1 Å². The third-order valence-electron chi connectivity index (χ3n) is 4.29. The van der Waals surface area contributed by atoms with Crippen molar-refractivity contribution in [1.29, 1.82) is 0 Å². The van der Waals surface area contributed by atoms with E-state index in [9.17, 15) is 4.79 Å². The molecule has 1 aromatic heterocycles. The summed E-state index contributed by atoms with van der Waals surface area (Å²) in [7, 11) is 3.66. The number of amides is 1. The van der Waals surface area contributed by atoms with Crippen molar-refractivity contribution in [2.45, 2.75) is 38.6 Å². The van der Waals surface area contributed by atoms with Gasteiger partial charge in [0.15, 0.2) is 0 Å². The lowest BCUT2D eigenvalue weighted by molar-refractivity contribution is -0.123. The summed E-state index contributed by atoms with van der Waals surface area (Å²) in [6, 6.07) is 4.45. The van der Waals surface area contributed by atoms with E-state index < -0.39 is 0 Å². The molecule has 6 nitrogen and oxygen atoms in total. The molecule has 1 aliphatic heterocycles. The third kappa shape index (κ3) is 5.27. The van der Waals surface area contributed by atoms with Crippen LogP contribution in [0.2, 0.25) is 0 Å². The number of nitrogens with one attached hydrogen (secondary N) is 1. The van der Waals surface area contributed by atoms with Gasteiger partial charge in [0.25, 0.3) is 0 Å². The number of nitrogens with zero attached hydrogens (tertiary/aromatic N) is 3. The first kappa shape index (κ1) is 17.8. The summed E-state index contributed by atoms with van der Waals surface area (Å²) in [6.07, 6.45) is 3.60. The van der Waals surface area contributed by atoms with E-state index in [1.54, 1.807) is 19.5 Å². The molecule has 23 heavy (non-hydrogen) atoms. The summed E-state index contributed by atoms with van der Waals surface area (Å²) in [6.45, 7) is 7.14. The second kappa shape index (κ2) is 8.38. The summed E-state index contributed by atoms with van der Waals surface area (Å²) in [5.74, 6) is 0.0409. The predicted octanol–water partition coefficient (Wildman–Crippen LogP) is 0.737. The number of rotatable bonds is 7. The number of carbonyl (C=O) groups is 1. The quantitative estimate of drug-likeness (QED) is 0.803. The molecule has 128 valence electrons. The standard InChI is InChI=1S/C17H28N4O2/c1-13(2)21-10-15(16(11-21)23-4)19-17(22)12-20(3)9-14-5-7-18-8-6-14/h5-8,13,15-16H,9-12H2,1-4H3,(H,19,22). The molecule has 1 N–H and O–H groups in total. The lowest BCUT2D eigenvalue weighted by Gasteiger charge is -2.22. The molecule has 2 atom stereocenters. The first-order valence-corrected chi connectivity index (χ1v) is 8.13. The number of hydrogen-bond donors (Lipinski definition) is 1. The first-order valence-electron chi connectivity index (χ1n) is 8.13. The van der Waals surface area contributed by atoms with Crippen molar-refractivity contribution < 1.29 is 9.53 Å². The van der Waals surface area contributed by atoms with Crippen LogP contribution in [0.3, 0.4) is 0 Å². The molecule has 0 aromatic carbocycles. The Kier molecular flexibility index (Phi) is 6.50. The van der Waals surface area contributed by atoms with Crippen molar-refractivity contribution in [2.24, 2.45) is 0 Å². The van der Waals surface area contributed by atoms with E-state index in [1.165, 1.54) is 0 Å². The Morgan fingerprint density at radius 2 is 2.13 bits per heavy atom. The molecule has 2 unspecified atom stereocenters. The Balaban J connectivity index is 1.81. The molecule has 6 heteroatoms. The Bertz CT molecular complexity index is 495. The molecule has 0 spiro atoms. The van der Waals surface area contributed by atoms with Gasteiger partial charge in [-0.05, 0) is 38.6 Å².